The Balaban J connectivity index is 1.99. The van der Waals surface area contributed by atoms with Gasteiger partial charge < -0.3 is 5.32 Å². The van der Waals surface area contributed by atoms with Gasteiger partial charge in [-0.05, 0) is 32.4 Å². The van der Waals surface area contributed by atoms with Gasteiger partial charge in [0.25, 0.3) is 0 Å². The number of piperazine rings is 1. The van der Waals surface area contributed by atoms with Crippen LogP contribution in [0.1, 0.15) is 18.1 Å². The number of benzene rings is 1. The van der Waals surface area contributed by atoms with Gasteiger partial charge in [-0.15, -0.1) is 11.8 Å². The van der Waals surface area contributed by atoms with Crippen LogP contribution >= 0.6 is 11.8 Å². The lowest BCUT2D eigenvalue weighted by Gasteiger charge is -2.32. The molecule has 1 heterocycles. The lowest BCUT2D eigenvalue weighted by atomic mass is 10.2. The molecule has 3 heteroatoms. The third kappa shape index (κ3) is 3.47. The predicted octanol–water partition coefficient (Wildman–Crippen LogP) is 2.65. The van der Waals surface area contributed by atoms with E-state index in [-0.39, 0.29) is 0 Å². The van der Waals surface area contributed by atoms with Crippen molar-refractivity contribution in [1.29, 1.82) is 0 Å². The molecule has 1 saturated heterocycles. The van der Waals surface area contributed by atoms with Crippen LogP contribution in [0.15, 0.2) is 23.1 Å². The van der Waals surface area contributed by atoms with Crippen molar-refractivity contribution in [1.82, 2.24) is 10.2 Å². The van der Waals surface area contributed by atoms with E-state index in [1.165, 1.54) is 29.1 Å². The first-order valence-electron chi connectivity index (χ1n) is 6.35. The van der Waals surface area contributed by atoms with Crippen LogP contribution in [0.3, 0.4) is 0 Å². The molecule has 1 fully saturated rings. The Labute approximate surface area is 109 Å². The Hall–Kier alpha value is -0.510. The molecule has 0 aliphatic carbocycles. The normalized spacial score (nSPS) is 19.2. The summed E-state index contributed by atoms with van der Waals surface area (Å²) < 4.78 is 0. The first-order chi connectivity index (χ1) is 8.16. The maximum atomic E-state index is 3.40. The first-order valence-corrected chi connectivity index (χ1v) is 7.23. The van der Waals surface area contributed by atoms with Gasteiger partial charge in [0.2, 0.25) is 0 Å². The van der Waals surface area contributed by atoms with E-state index in [0.29, 0.717) is 5.37 Å². The third-order valence-corrected chi connectivity index (χ3v) is 4.65. The summed E-state index contributed by atoms with van der Waals surface area (Å²) in [5, 5.41) is 3.97. The number of hydrogen-bond acceptors (Lipinski definition) is 3. The van der Waals surface area contributed by atoms with Crippen LogP contribution in [0.4, 0.5) is 0 Å². The molecule has 0 amide bonds. The molecular weight excluding hydrogens is 228 g/mol. The molecule has 0 bridgehead atoms. The van der Waals surface area contributed by atoms with Crippen LogP contribution in [-0.4, -0.2) is 36.5 Å². The predicted molar refractivity (Wildman–Crippen MR) is 75.7 cm³/mol. The average Bonchev–Trinajstić information content (AvgIpc) is 2.34. The molecule has 0 spiro atoms. The lowest BCUT2D eigenvalue weighted by Crippen LogP contribution is -2.46. The highest BCUT2D eigenvalue weighted by molar-refractivity contribution is 7.99. The molecule has 1 aromatic carbocycles. The lowest BCUT2D eigenvalue weighted by molar-refractivity contribution is 0.234. The summed E-state index contributed by atoms with van der Waals surface area (Å²) in [5.74, 6) is 0. The highest BCUT2D eigenvalue weighted by Gasteiger charge is 2.17. The number of thioether (sulfide) groups is 1. The standard InChI is InChI=1S/C14H22N2S/c1-11-4-5-14(12(2)10-11)17-13(3)16-8-6-15-7-9-16/h4-5,10,13,15H,6-9H2,1-3H3. The summed E-state index contributed by atoms with van der Waals surface area (Å²) in [6, 6.07) is 6.74. The minimum Gasteiger partial charge on any atom is -0.314 e. The van der Waals surface area contributed by atoms with Crippen molar-refractivity contribution in [2.24, 2.45) is 0 Å². The van der Waals surface area contributed by atoms with Crippen molar-refractivity contribution in [3.63, 3.8) is 0 Å². The second kappa shape index (κ2) is 5.89. The molecule has 94 valence electrons. The monoisotopic (exact) mass is 250 g/mol. The molecule has 1 N–H and O–H groups in total. The van der Waals surface area contributed by atoms with Gasteiger partial charge in [-0.1, -0.05) is 17.7 Å². The number of nitrogens with zero attached hydrogens (tertiary/aromatic N) is 1. The average molecular weight is 250 g/mol. The van der Waals surface area contributed by atoms with Crippen molar-refractivity contribution in [3.8, 4) is 0 Å². The number of aryl methyl sites for hydroxylation is 2. The second-order valence-corrected chi connectivity index (χ2v) is 6.13. The summed E-state index contributed by atoms with van der Waals surface area (Å²) in [6.07, 6.45) is 0. The number of hydrogen-bond donors (Lipinski definition) is 1. The summed E-state index contributed by atoms with van der Waals surface area (Å²) in [6.45, 7) is 11.3. The van der Waals surface area contributed by atoms with Gasteiger partial charge in [0, 0.05) is 31.1 Å². The molecule has 2 nitrogen and oxygen atoms in total. The molecule has 1 aromatic rings. The van der Waals surface area contributed by atoms with Crippen LogP contribution in [0.2, 0.25) is 0 Å². The van der Waals surface area contributed by atoms with Gasteiger partial charge in [0.05, 0.1) is 5.37 Å². The quantitative estimate of drug-likeness (QED) is 0.830. The van der Waals surface area contributed by atoms with E-state index in [4.69, 9.17) is 0 Å². The summed E-state index contributed by atoms with van der Waals surface area (Å²) in [7, 11) is 0. The minimum atomic E-state index is 0.568. The van der Waals surface area contributed by atoms with Crippen LogP contribution in [0, 0.1) is 13.8 Å². The van der Waals surface area contributed by atoms with Gasteiger partial charge in [-0.25, -0.2) is 0 Å². The Kier molecular flexibility index (Phi) is 4.48. The van der Waals surface area contributed by atoms with Crippen LogP contribution in [0.25, 0.3) is 0 Å². The number of nitrogens with one attached hydrogen (secondary N) is 1. The van der Waals surface area contributed by atoms with Crippen LogP contribution in [0.5, 0.6) is 0 Å². The third-order valence-electron chi connectivity index (χ3n) is 3.29. The molecule has 1 unspecified atom stereocenters. The van der Waals surface area contributed by atoms with E-state index in [9.17, 15) is 0 Å². The molecule has 1 aliphatic rings. The molecule has 2 rings (SSSR count). The van der Waals surface area contributed by atoms with Crippen molar-refractivity contribution < 1.29 is 0 Å². The Morgan fingerprint density at radius 2 is 1.94 bits per heavy atom. The molecule has 1 atom stereocenters. The van der Waals surface area contributed by atoms with Crippen molar-refractivity contribution >= 4 is 11.8 Å². The van der Waals surface area contributed by atoms with E-state index >= 15 is 0 Å². The van der Waals surface area contributed by atoms with Crippen molar-refractivity contribution in [2.75, 3.05) is 26.2 Å². The smallest absolute Gasteiger partial charge is 0.0576 e. The molecule has 0 radical (unpaired) electrons. The largest absolute Gasteiger partial charge is 0.314 e. The summed E-state index contributed by atoms with van der Waals surface area (Å²) in [4.78, 5) is 3.97. The topological polar surface area (TPSA) is 15.3 Å². The van der Waals surface area contributed by atoms with Crippen molar-refractivity contribution in [2.45, 2.75) is 31.0 Å². The Morgan fingerprint density at radius 3 is 2.59 bits per heavy atom. The zero-order valence-corrected chi connectivity index (χ0v) is 11.8. The van der Waals surface area contributed by atoms with Crippen molar-refractivity contribution in [3.05, 3.63) is 29.3 Å². The second-order valence-electron chi connectivity index (χ2n) is 4.77. The number of rotatable bonds is 3. The van der Waals surface area contributed by atoms with Gasteiger partial charge >= 0.3 is 0 Å². The zero-order valence-electron chi connectivity index (χ0n) is 11.0. The SMILES string of the molecule is Cc1ccc(SC(C)N2CCNCC2)c(C)c1. The zero-order chi connectivity index (χ0) is 12.3. The fourth-order valence-electron chi connectivity index (χ4n) is 2.24. The molecule has 17 heavy (non-hydrogen) atoms. The van der Waals surface area contributed by atoms with Gasteiger partial charge in [0.15, 0.2) is 0 Å². The highest BCUT2D eigenvalue weighted by Crippen LogP contribution is 2.29. The summed E-state index contributed by atoms with van der Waals surface area (Å²) in [5.41, 5.74) is 2.75. The fourth-order valence-corrected chi connectivity index (χ4v) is 3.35. The first kappa shape index (κ1) is 12.9. The minimum absolute atomic E-state index is 0.568. The molecule has 0 saturated carbocycles. The van der Waals surface area contributed by atoms with E-state index in [2.05, 4.69) is 49.2 Å². The Bertz CT molecular complexity index is 372. The van der Waals surface area contributed by atoms with E-state index in [0.717, 1.165) is 13.1 Å². The van der Waals surface area contributed by atoms with Gasteiger partial charge in [-0.3, -0.25) is 4.90 Å². The summed E-state index contributed by atoms with van der Waals surface area (Å²) >= 11 is 1.98. The maximum Gasteiger partial charge on any atom is 0.0576 e. The van der Waals surface area contributed by atoms with Crippen LogP contribution in [-0.2, 0) is 0 Å². The van der Waals surface area contributed by atoms with Gasteiger partial charge in [-0.2, -0.15) is 0 Å². The maximum absolute atomic E-state index is 3.40. The fraction of sp³-hybridized carbons (Fsp3) is 0.571. The Morgan fingerprint density at radius 1 is 1.24 bits per heavy atom. The van der Waals surface area contributed by atoms with E-state index < -0.39 is 0 Å². The highest BCUT2D eigenvalue weighted by atomic mass is 32.2. The van der Waals surface area contributed by atoms with E-state index in [1.54, 1.807) is 0 Å². The van der Waals surface area contributed by atoms with Gasteiger partial charge in [0.1, 0.15) is 0 Å². The van der Waals surface area contributed by atoms with Crippen LogP contribution < -0.4 is 5.32 Å². The molecular formula is C14H22N2S. The van der Waals surface area contributed by atoms with E-state index in [1.807, 2.05) is 11.8 Å². The molecule has 0 aromatic heterocycles. The molecule has 1 aliphatic heterocycles.